The summed E-state index contributed by atoms with van der Waals surface area (Å²) in [6.07, 6.45) is 0. The Morgan fingerprint density at radius 1 is 1.20 bits per heavy atom. The van der Waals surface area contributed by atoms with Crippen molar-refractivity contribution in [3.63, 3.8) is 0 Å². The summed E-state index contributed by atoms with van der Waals surface area (Å²) in [7, 11) is 0. The van der Waals surface area contributed by atoms with Gasteiger partial charge in [-0.3, -0.25) is 0 Å². The molecule has 0 radical (unpaired) electrons. The molecule has 0 fully saturated rings. The van der Waals surface area contributed by atoms with E-state index in [1.807, 2.05) is 6.79 Å². The van der Waals surface area contributed by atoms with Gasteiger partial charge in [0.1, 0.15) is 6.79 Å². The second-order valence-electron chi connectivity index (χ2n) is 0.0833. The van der Waals surface area contributed by atoms with Crippen molar-refractivity contribution in [1.29, 1.82) is 0 Å². The van der Waals surface area contributed by atoms with Crippen molar-refractivity contribution in [3.05, 3.63) is 0 Å². The van der Waals surface area contributed by atoms with E-state index in [2.05, 4.69) is 0 Å². The fourth-order valence-electron chi connectivity index (χ4n) is 0. The zero-order chi connectivity index (χ0) is 4.71. The topological polar surface area (TPSA) is 51.2 Å². The van der Waals surface area contributed by atoms with E-state index in [4.69, 9.17) is 11.4 Å². The Morgan fingerprint density at radius 3 is 1.20 bits per heavy atom. The molecule has 4 heteroatoms. The first-order valence-electron chi connectivity index (χ1n) is 0.697. The molecule has 0 atom stereocenters. The van der Waals surface area contributed by atoms with Crippen LogP contribution in [0.15, 0.2) is 0 Å². The average molecular weight is 110 g/mol. The molecule has 0 heterocycles. The normalized spacial score (nSPS) is 2.40. The van der Waals surface area contributed by atoms with Crippen LogP contribution in [0.2, 0.25) is 0 Å². The van der Waals surface area contributed by atoms with Gasteiger partial charge in [0.25, 0.3) is 0 Å². The quantitative estimate of drug-likeness (QED) is 0.397. The van der Waals surface area contributed by atoms with Crippen molar-refractivity contribution in [2.45, 2.75) is 0 Å². The summed E-state index contributed by atoms with van der Waals surface area (Å²) in [6.45, 7) is 2.00. The molecule has 28 valence electrons. The summed E-state index contributed by atoms with van der Waals surface area (Å²) >= 11 is -2.00. The standard InChI is InChI=1S/CH2O.2O.Ti/c1-2;;;/h1H2;;;. The van der Waals surface area contributed by atoms with Crippen LogP contribution >= 0.6 is 0 Å². The van der Waals surface area contributed by atoms with Gasteiger partial charge >= 0.3 is 25.7 Å². The monoisotopic (exact) mass is 110 g/mol. The molecule has 0 aliphatic heterocycles. The Bertz CT molecular complexity index is 36.2. The molecule has 0 N–H and O–H groups in total. The van der Waals surface area contributed by atoms with Crippen LogP contribution in [0.3, 0.4) is 0 Å². The third-order valence-corrected chi connectivity index (χ3v) is 0. The van der Waals surface area contributed by atoms with Crippen LogP contribution < -0.4 is 0 Å². The summed E-state index contributed by atoms with van der Waals surface area (Å²) in [5.74, 6) is 0. The molecule has 0 spiro atoms. The molecule has 0 amide bonds. The van der Waals surface area contributed by atoms with Crippen molar-refractivity contribution in [2.75, 3.05) is 0 Å². The molecule has 0 unspecified atom stereocenters. The minimum atomic E-state index is -2.00. The van der Waals surface area contributed by atoms with E-state index in [-0.39, 0.29) is 0 Å². The Hall–Kier alpha value is -0.0157. The Kier molecular flexibility index (Phi) is 65.1. The number of rotatable bonds is 0. The summed E-state index contributed by atoms with van der Waals surface area (Å²) < 4.78 is 17.0. The summed E-state index contributed by atoms with van der Waals surface area (Å²) in [5.41, 5.74) is 0. The van der Waals surface area contributed by atoms with Crippen molar-refractivity contribution >= 4 is 6.79 Å². The molecule has 0 aromatic carbocycles. The molecule has 0 aliphatic carbocycles. The van der Waals surface area contributed by atoms with Gasteiger partial charge in [0, 0.05) is 0 Å². The first-order valence-corrected chi connectivity index (χ1v) is 1.97. The zero-order valence-electron chi connectivity index (χ0n) is 2.43. The second kappa shape index (κ2) is 36.6. The maximum absolute atomic E-state index is 8.50. The molecule has 0 aliphatic rings. The van der Waals surface area contributed by atoms with Crippen molar-refractivity contribution in [3.8, 4) is 0 Å². The van der Waals surface area contributed by atoms with E-state index in [1.165, 1.54) is 0 Å². The average Bonchev–Trinajstić information content (AvgIpc) is 1.46. The third kappa shape index (κ3) is 63500. The third-order valence-electron chi connectivity index (χ3n) is 0. The van der Waals surface area contributed by atoms with E-state index in [1.54, 1.807) is 0 Å². The zero-order valence-corrected chi connectivity index (χ0v) is 3.99. The van der Waals surface area contributed by atoms with Gasteiger partial charge < -0.3 is 4.79 Å². The molecule has 0 saturated carbocycles. The molecule has 0 aromatic rings. The van der Waals surface area contributed by atoms with Gasteiger partial charge in [-0.1, -0.05) is 0 Å². The van der Waals surface area contributed by atoms with Gasteiger partial charge in [0.05, 0.1) is 0 Å². The SMILES string of the molecule is C=O.[O]=[Ti]=[O]. The Morgan fingerprint density at radius 2 is 1.20 bits per heavy atom. The summed E-state index contributed by atoms with van der Waals surface area (Å²) in [5, 5.41) is 0. The van der Waals surface area contributed by atoms with Crippen LogP contribution in [0, 0.1) is 0 Å². The van der Waals surface area contributed by atoms with Crippen molar-refractivity contribution in [2.24, 2.45) is 0 Å². The van der Waals surface area contributed by atoms with Crippen LogP contribution in [-0.2, 0) is 30.5 Å². The van der Waals surface area contributed by atoms with Crippen molar-refractivity contribution in [1.82, 2.24) is 0 Å². The number of hydrogen-bond acceptors (Lipinski definition) is 3. The van der Waals surface area contributed by atoms with Gasteiger partial charge in [-0.15, -0.1) is 0 Å². The fraction of sp³-hybridized carbons (Fsp3) is 0. The van der Waals surface area contributed by atoms with Gasteiger partial charge in [-0.05, 0) is 0 Å². The number of hydrogen-bond donors (Lipinski definition) is 0. The van der Waals surface area contributed by atoms with E-state index in [9.17, 15) is 0 Å². The Balaban J connectivity index is 0. The molecule has 3 nitrogen and oxygen atoms in total. The number of carbonyl (C=O) groups excluding carboxylic acids is 1. The van der Waals surface area contributed by atoms with E-state index in [0.717, 1.165) is 0 Å². The molecule has 0 bridgehead atoms. The van der Waals surface area contributed by atoms with E-state index in [0.29, 0.717) is 0 Å². The van der Waals surface area contributed by atoms with Crippen LogP contribution in [0.5, 0.6) is 0 Å². The molecular formula is CH2O3Ti. The fourth-order valence-corrected chi connectivity index (χ4v) is 0. The predicted molar refractivity (Wildman–Crippen MR) is 8.49 cm³/mol. The Labute approximate surface area is 37.9 Å². The van der Waals surface area contributed by atoms with Crippen LogP contribution in [-0.4, -0.2) is 6.79 Å². The van der Waals surface area contributed by atoms with Gasteiger partial charge in [0.2, 0.25) is 0 Å². The van der Waals surface area contributed by atoms with Gasteiger partial charge in [0.15, 0.2) is 0 Å². The molecular weight excluding hydrogens is 108 g/mol. The molecule has 5 heavy (non-hydrogen) atoms. The summed E-state index contributed by atoms with van der Waals surface area (Å²) in [6, 6.07) is 0. The van der Waals surface area contributed by atoms with Gasteiger partial charge in [-0.25, -0.2) is 0 Å². The van der Waals surface area contributed by atoms with E-state index < -0.39 is 19.1 Å². The van der Waals surface area contributed by atoms with Crippen LogP contribution in [0.4, 0.5) is 0 Å². The minimum absolute atomic E-state index is 2.00. The first kappa shape index (κ1) is 8.88. The molecule has 0 saturated heterocycles. The molecule has 0 aromatic heterocycles. The van der Waals surface area contributed by atoms with Crippen LogP contribution in [0.1, 0.15) is 0 Å². The number of carbonyl (C=O) groups is 1. The molecule has 0 rings (SSSR count). The first-order chi connectivity index (χ1) is 2.41. The van der Waals surface area contributed by atoms with Crippen molar-refractivity contribution < 1.29 is 30.5 Å². The van der Waals surface area contributed by atoms with Crippen LogP contribution in [0.25, 0.3) is 0 Å². The predicted octanol–water partition coefficient (Wildman–Crippen LogP) is -0.425. The maximum atomic E-state index is 8.50. The van der Waals surface area contributed by atoms with Gasteiger partial charge in [-0.2, -0.15) is 0 Å². The summed E-state index contributed by atoms with van der Waals surface area (Å²) in [4.78, 5) is 8.00. The van der Waals surface area contributed by atoms with E-state index >= 15 is 0 Å². The second-order valence-corrected chi connectivity index (χ2v) is 0.344.